The molecular weight excluding hydrogens is 439 g/mol. The highest BCUT2D eigenvalue weighted by Crippen LogP contribution is 2.27. The van der Waals surface area contributed by atoms with E-state index in [-0.39, 0.29) is 24.0 Å². The van der Waals surface area contributed by atoms with E-state index in [1.54, 1.807) is 7.11 Å². The number of aryl methyl sites for hydroxylation is 1. The number of aliphatic imine (C=N–C) groups is 1. The molecule has 1 unspecified atom stereocenters. The molecule has 5 nitrogen and oxygen atoms in total. The van der Waals surface area contributed by atoms with Gasteiger partial charge in [0.15, 0.2) is 5.96 Å². The van der Waals surface area contributed by atoms with E-state index in [0.29, 0.717) is 11.9 Å². The Kier molecular flexibility index (Phi) is 7.56. The molecule has 0 spiro atoms. The molecule has 3 rings (SSSR count). The number of hydrogen-bond acceptors (Lipinski definition) is 3. The Morgan fingerprint density at radius 2 is 2.08 bits per heavy atom. The lowest BCUT2D eigenvalue weighted by atomic mass is 10.1. The zero-order valence-electron chi connectivity index (χ0n) is 15.3. The summed E-state index contributed by atoms with van der Waals surface area (Å²) >= 11 is 0. The van der Waals surface area contributed by atoms with Crippen LogP contribution in [0.1, 0.15) is 12.0 Å². The van der Waals surface area contributed by atoms with E-state index >= 15 is 0 Å². The topological polar surface area (TPSA) is 62.9 Å². The van der Waals surface area contributed by atoms with E-state index in [1.807, 2.05) is 24.3 Å². The Balaban J connectivity index is 0.00000243. The average Bonchev–Trinajstić information content (AvgIpc) is 3.09. The number of methoxy groups -OCH3 is 1. The van der Waals surface area contributed by atoms with Gasteiger partial charge in [-0.25, -0.2) is 0 Å². The van der Waals surface area contributed by atoms with Crippen molar-refractivity contribution in [2.24, 2.45) is 16.6 Å². The fourth-order valence-corrected chi connectivity index (χ4v) is 3.16. The van der Waals surface area contributed by atoms with Crippen molar-refractivity contribution in [2.75, 3.05) is 37.0 Å². The largest absolute Gasteiger partial charge is 0.497 e. The van der Waals surface area contributed by atoms with Gasteiger partial charge in [-0.05, 0) is 49.1 Å². The van der Waals surface area contributed by atoms with Crippen LogP contribution in [-0.4, -0.2) is 32.7 Å². The van der Waals surface area contributed by atoms with Crippen LogP contribution in [0.5, 0.6) is 5.75 Å². The fourth-order valence-electron chi connectivity index (χ4n) is 3.16. The molecule has 26 heavy (non-hydrogen) atoms. The van der Waals surface area contributed by atoms with E-state index in [9.17, 15) is 0 Å². The number of guanidine groups is 1. The van der Waals surface area contributed by atoms with Crippen molar-refractivity contribution < 1.29 is 4.74 Å². The first-order valence-corrected chi connectivity index (χ1v) is 8.66. The van der Waals surface area contributed by atoms with E-state index in [2.05, 4.69) is 46.4 Å². The second-order valence-electron chi connectivity index (χ2n) is 6.52. The molecule has 6 heteroatoms. The zero-order chi connectivity index (χ0) is 17.6. The van der Waals surface area contributed by atoms with E-state index < -0.39 is 0 Å². The van der Waals surface area contributed by atoms with Gasteiger partial charge in [0.05, 0.1) is 7.11 Å². The molecule has 0 aliphatic carbocycles. The number of benzene rings is 2. The Labute approximate surface area is 172 Å². The van der Waals surface area contributed by atoms with Gasteiger partial charge in [0, 0.05) is 37.1 Å². The number of nitrogens with one attached hydrogen (secondary N) is 1. The molecule has 1 aliphatic rings. The molecule has 1 fully saturated rings. The first-order valence-electron chi connectivity index (χ1n) is 8.66. The summed E-state index contributed by atoms with van der Waals surface area (Å²) < 4.78 is 5.31. The zero-order valence-corrected chi connectivity index (χ0v) is 17.6. The van der Waals surface area contributed by atoms with Crippen LogP contribution in [0, 0.1) is 12.8 Å². The molecule has 1 heterocycles. The Morgan fingerprint density at radius 3 is 2.85 bits per heavy atom. The summed E-state index contributed by atoms with van der Waals surface area (Å²) in [5, 5.41) is 3.16. The molecule has 0 aromatic heterocycles. The monoisotopic (exact) mass is 466 g/mol. The third-order valence-corrected chi connectivity index (χ3v) is 4.51. The quantitative estimate of drug-likeness (QED) is 0.399. The van der Waals surface area contributed by atoms with Crippen molar-refractivity contribution in [3.8, 4) is 5.75 Å². The van der Waals surface area contributed by atoms with Crippen molar-refractivity contribution in [2.45, 2.75) is 13.3 Å². The molecular formula is C20H27IN4O. The van der Waals surface area contributed by atoms with Crippen molar-refractivity contribution in [1.82, 2.24) is 0 Å². The first-order chi connectivity index (χ1) is 12.1. The summed E-state index contributed by atoms with van der Waals surface area (Å²) in [4.78, 5) is 6.91. The Bertz CT molecular complexity index is 750. The van der Waals surface area contributed by atoms with E-state index in [1.165, 1.54) is 11.3 Å². The maximum Gasteiger partial charge on any atom is 0.193 e. The molecule has 0 amide bonds. The highest BCUT2D eigenvalue weighted by atomic mass is 127. The number of halogens is 1. The Hall–Kier alpha value is -1.96. The van der Waals surface area contributed by atoms with Gasteiger partial charge in [-0.1, -0.05) is 18.2 Å². The Morgan fingerprint density at radius 1 is 1.27 bits per heavy atom. The maximum absolute atomic E-state index is 6.03. The molecule has 2 aromatic carbocycles. The number of nitrogens with zero attached hydrogens (tertiary/aromatic N) is 2. The predicted octanol–water partition coefficient (Wildman–Crippen LogP) is 3.87. The summed E-state index contributed by atoms with van der Waals surface area (Å²) in [6, 6.07) is 16.3. The van der Waals surface area contributed by atoms with Crippen LogP contribution < -0.4 is 20.7 Å². The molecule has 140 valence electrons. The number of nitrogens with two attached hydrogens (primary N) is 1. The van der Waals surface area contributed by atoms with Gasteiger partial charge in [-0.15, -0.1) is 24.0 Å². The molecule has 0 bridgehead atoms. The smallest absolute Gasteiger partial charge is 0.193 e. The summed E-state index contributed by atoms with van der Waals surface area (Å²) in [5.41, 5.74) is 9.41. The van der Waals surface area contributed by atoms with Gasteiger partial charge < -0.3 is 20.7 Å². The van der Waals surface area contributed by atoms with Crippen LogP contribution in [0.2, 0.25) is 0 Å². The van der Waals surface area contributed by atoms with Gasteiger partial charge in [0.2, 0.25) is 0 Å². The molecule has 1 saturated heterocycles. The maximum atomic E-state index is 6.03. The standard InChI is InChI=1S/C20H26N4O.HI/c1-15-5-3-6-17(11-15)23-20(21)22-13-16-9-10-24(14-16)18-7-4-8-19(12-18)25-2;/h3-8,11-12,16H,9-10,13-14H2,1-2H3,(H3,21,22,23);1H. The van der Waals surface area contributed by atoms with Crippen molar-refractivity contribution >= 4 is 41.3 Å². The summed E-state index contributed by atoms with van der Waals surface area (Å²) in [5.74, 6) is 1.89. The molecule has 1 aliphatic heterocycles. The van der Waals surface area contributed by atoms with Crippen LogP contribution in [0.25, 0.3) is 0 Å². The first kappa shape index (κ1) is 20.4. The predicted molar refractivity (Wildman–Crippen MR) is 120 cm³/mol. The lowest BCUT2D eigenvalue weighted by Gasteiger charge is -2.19. The summed E-state index contributed by atoms with van der Waals surface area (Å²) in [7, 11) is 1.70. The average molecular weight is 466 g/mol. The van der Waals surface area contributed by atoms with Gasteiger partial charge in [0.1, 0.15) is 5.75 Å². The highest BCUT2D eigenvalue weighted by Gasteiger charge is 2.22. The third kappa shape index (κ3) is 5.52. The SMILES string of the molecule is COc1cccc(N2CCC(CN=C(N)Nc3cccc(C)c3)C2)c1.I. The van der Waals surface area contributed by atoms with E-state index in [0.717, 1.165) is 37.5 Å². The highest BCUT2D eigenvalue weighted by molar-refractivity contribution is 14.0. The molecule has 0 saturated carbocycles. The number of anilines is 2. The second kappa shape index (κ2) is 9.66. The van der Waals surface area contributed by atoms with Gasteiger partial charge in [-0.3, -0.25) is 4.99 Å². The van der Waals surface area contributed by atoms with Gasteiger partial charge >= 0.3 is 0 Å². The minimum Gasteiger partial charge on any atom is -0.497 e. The summed E-state index contributed by atoms with van der Waals surface area (Å²) in [6.07, 6.45) is 1.12. The normalized spacial score (nSPS) is 16.9. The lowest BCUT2D eigenvalue weighted by Crippen LogP contribution is -2.25. The van der Waals surface area contributed by atoms with Crippen LogP contribution in [0.4, 0.5) is 11.4 Å². The lowest BCUT2D eigenvalue weighted by molar-refractivity contribution is 0.415. The number of ether oxygens (including phenoxy) is 1. The van der Waals surface area contributed by atoms with Crippen LogP contribution in [-0.2, 0) is 0 Å². The second-order valence-corrected chi connectivity index (χ2v) is 6.52. The van der Waals surface area contributed by atoms with Crippen molar-refractivity contribution in [3.63, 3.8) is 0 Å². The fraction of sp³-hybridized carbons (Fsp3) is 0.350. The minimum atomic E-state index is 0. The minimum absolute atomic E-state index is 0. The van der Waals surface area contributed by atoms with Crippen LogP contribution >= 0.6 is 24.0 Å². The molecule has 2 aromatic rings. The van der Waals surface area contributed by atoms with Crippen molar-refractivity contribution in [3.05, 3.63) is 54.1 Å². The van der Waals surface area contributed by atoms with E-state index in [4.69, 9.17) is 10.5 Å². The molecule has 0 radical (unpaired) electrons. The molecule has 3 N–H and O–H groups in total. The molecule has 1 atom stereocenters. The number of hydrogen-bond donors (Lipinski definition) is 2. The van der Waals surface area contributed by atoms with Crippen molar-refractivity contribution in [1.29, 1.82) is 0 Å². The van der Waals surface area contributed by atoms with Gasteiger partial charge in [-0.2, -0.15) is 0 Å². The third-order valence-electron chi connectivity index (χ3n) is 4.51. The van der Waals surface area contributed by atoms with Gasteiger partial charge in [0.25, 0.3) is 0 Å². The van der Waals surface area contributed by atoms with Crippen LogP contribution in [0.3, 0.4) is 0 Å². The summed E-state index contributed by atoms with van der Waals surface area (Å²) in [6.45, 7) is 4.84. The number of rotatable bonds is 5. The van der Waals surface area contributed by atoms with Crippen LogP contribution in [0.15, 0.2) is 53.5 Å².